The minimum atomic E-state index is -0.212. The lowest BCUT2D eigenvalue weighted by molar-refractivity contribution is -0.121. The maximum absolute atomic E-state index is 12.2. The lowest BCUT2D eigenvalue weighted by Crippen LogP contribution is -2.33. The van der Waals surface area contributed by atoms with Crippen LogP contribution in [0.15, 0.2) is 47.0 Å². The van der Waals surface area contributed by atoms with Crippen molar-refractivity contribution < 1.29 is 4.79 Å². The minimum absolute atomic E-state index is 0.0259. The standard InChI is InChI=1S/C15H14N4O2S/c20-13(17-7-4-11-3-1-2-6-16-11)9-19-10-18-12-5-8-22-14(12)15(19)21/h1-3,5-6,8,10H,4,7,9H2,(H,17,20). The zero-order chi connectivity index (χ0) is 15.4. The predicted octanol–water partition coefficient (Wildman–Crippen LogP) is 1.21. The molecule has 0 aliphatic rings. The molecule has 0 fully saturated rings. The first-order valence-corrected chi connectivity index (χ1v) is 7.71. The average molecular weight is 314 g/mol. The lowest BCUT2D eigenvalue weighted by Gasteiger charge is -2.07. The molecule has 1 amide bonds. The third kappa shape index (κ3) is 3.20. The van der Waals surface area contributed by atoms with Gasteiger partial charge in [0.1, 0.15) is 11.2 Å². The van der Waals surface area contributed by atoms with Crippen LogP contribution >= 0.6 is 11.3 Å². The second-order valence-electron chi connectivity index (χ2n) is 4.73. The quantitative estimate of drug-likeness (QED) is 0.768. The molecule has 22 heavy (non-hydrogen) atoms. The third-order valence-electron chi connectivity index (χ3n) is 3.18. The van der Waals surface area contributed by atoms with Crippen LogP contribution in [-0.2, 0) is 17.8 Å². The van der Waals surface area contributed by atoms with E-state index in [9.17, 15) is 9.59 Å². The van der Waals surface area contributed by atoms with Gasteiger partial charge in [0.15, 0.2) is 0 Å². The molecule has 1 N–H and O–H groups in total. The minimum Gasteiger partial charge on any atom is -0.354 e. The van der Waals surface area contributed by atoms with Crippen molar-refractivity contribution in [2.75, 3.05) is 6.54 Å². The van der Waals surface area contributed by atoms with Crippen molar-refractivity contribution in [2.24, 2.45) is 0 Å². The van der Waals surface area contributed by atoms with Crippen molar-refractivity contribution in [1.29, 1.82) is 0 Å². The van der Waals surface area contributed by atoms with Gasteiger partial charge in [-0.2, -0.15) is 0 Å². The van der Waals surface area contributed by atoms with Gasteiger partial charge in [-0.1, -0.05) is 6.07 Å². The van der Waals surface area contributed by atoms with Crippen LogP contribution in [-0.4, -0.2) is 27.0 Å². The zero-order valence-corrected chi connectivity index (χ0v) is 12.5. The maximum Gasteiger partial charge on any atom is 0.271 e. The third-order valence-corrected chi connectivity index (χ3v) is 4.07. The number of thiophene rings is 1. The summed E-state index contributed by atoms with van der Waals surface area (Å²) in [6, 6.07) is 7.46. The van der Waals surface area contributed by atoms with Crippen molar-refractivity contribution in [3.8, 4) is 0 Å². The molecule has 0 bridgehead atoms. The van der Waals surface area contributed by atoms with Crippen molar-refractivity contribution in [1.82, 2.24) is 19.9 Å². The van der Waals surface area contributed by atoms with Gasteiger partial charge in [-0.3, -0.25) is 19.1 Å². The predicted molar refractivity (Wildman–Crippen MR) is 84.8 cm³/mol. The summed E-state index contributed by atoms with van der Waals surface area (Å²) in [6.45, 7) is 0.459. The summed E-state index contributed by atoms with van der Waals surface area (Å²) < 4.78 is 1.90. The number of carbonyl (C=O) groups excluding carboxylic acids is 1. The van der Waals surface area contributed by atoms with E-state index >= 15 is 0 Å². The van der Waals surface area contributed by atoms with Gasteiger partial charge in [0.25, 0.3) is 5.56 Å². The van der Waals surface area contributed by atoms with Gasteiger partial charge in [0, 0.05) is 24.9 Å². The van der Waals surface area contributed by atoms with Gasteiger partial charge >= 0.3 is 0 Å². The zero-order valence-electron chi connectivity index (χ0n) is 11.7. The first kappa shape index (κ1) is 14.4. The topological polar surface area (TPSA) is 76.9 Å². The van der Waals surface area contributed by atoms with Crippen LogP contribution in [0.1, 0.15) is 5.69 Å². The van der Waals surface area contributed by atoms with Crippen LogP contribution in [0.3, 0.4) is 0 Å². The molecule has 112 valence electrons. The summed E-state index contributed by atoms with van der Waals surface area (Å²) in [7, 11) is 0. The molecule has 3 aromatic rings. The molecule has 0 aromatic carbocycles. The van der Waals surface area contributed by atoms with Gasteiger partial charge in [0.05, 0.1) is 11.8 Å². The Morgan fingerprint density at radius 1 is 1.27 bits per heavy atom. The number of rotatable bonds is 5. The van der Waals surface area contributed by atoms with Crippen LogP contribution in [0.5, 0.6) is 0 Å². The Bertz CT molecular complexity index is 841. The number of nitrogens with one attached hydrogen (secondary N) is 1. The molecule has 3 rings (SSSR count). The highest BCUT2D eigenvalue weighted by atomic mass is 32.1. The van der Waals surface area contributed by atoms with E-state index in [0.29, 0.717) is 23.2 Å². The highest BCUT2D eigenvalue weighted by Gasteiger charge is 2.08. The highest BCUT2D eigenvalue weighted by molar-refractivity contribution is 7.17. The van der Waals surface area contributed by atoms with Gasteiger partial charge in [-0.15, -0.1) is 11.3 Å². The number of carbonyl (C=O) groups is 1. The van der Waals surface area contributed by atoms with E-state index in [2.05, 4.69) is 15.3 Å². The van der Waals surface area contributed by atoms with Gasteiger partial charge in [0.2, 0.25) is 5.91 Å². The summed E-state index contributed by atoms with van der Waals surface area (Å²) in [4.78, 5) is 32.4. The molecule has 0 aliphatic heterocycles. The Balaban J connectivity index is 1.59. The average Bonchev–Trinajstić information content (AvgIpc) is 3.01. The van der Waals surface area contributed by atoms with E-state index in [-0.39, 0.29) is 18.0 Å². The number of pyridine rings is 1. The first-order chi connectivity index (χ1) is 10.7. The molecule has 7 heteroatoms. The van der Waals surface area contributed by atoms with Gasteiger partial charge in [-0.25, -0.2) is 4.98 Å². The van der Waals surface area contributed by atoms with E-state index in [1.807, 2.05) is 23.6 Å². The molecule has 0 radical (unpaired) electrons. The molecule has 0 unspecified atom stereocenters. The van der Waals surface area contributed by atoms with Crippen molar-refractivity contribution >= 4 is 27.5 Å². The molecule has 0 aliphatic carbocycles. The fraction of sp³-hybridized carbons (Fsp3) is 0.200. The highest BCUT2D eigenvalue weighted by Crippen LogP contribution is 2.12. The number of hydrogen-bond acceptors (Lipinski definition) is 5. The van der Waals surface area contributed by atoms with Crippen LogP contribution in [0.4, 0.5) is 0 Å². The first-order valence-electron chi connectivity index (χ1n) is 6.83. The Labute approximate surface area is 130 Å². The summed E-state index contributed by atoms with van der Waals surface area (Å²) >= 11 is 1.33. The smallest absolute Gasteiger partial charge is 0.271 e. The number of amides is 1. The SMILES string of the molecule is O=C(Cn1cnc2ccsc2c1=O)NCCc1ccccn1. The van der Waals surface area contributed by atoms with Gasteiger partial charge in [-0.05, 0) is 23.6 Å². The van der Waals surface area contributed by atoms with E-state index in [4.69, 9.17) is 0 Å². The molecule has 6 nitrogen and oxygen atoms in total. The molecule has 0 saturated heterocycles. The maximum atomic E-state index is 12.2. The Hall–Kier alpha value is -2.54. The summed E-state index contributed by atoms with van der Waals surface area (Å²) in [5.74, 6) is -0.212. The van der Waals surface area contributed by atoms with Crippen molar-refractivity contribution in [2.45, 2.75) is 13.0 Å². The van der Waals surface area contributed by atoms with E-state index in [1.54, 1.807) is 12.3 Å². The van der Waals surface area contributed by atoms with Crippen LogP contribution in [0, 0.1) is 0 Å². The fourth-order valence-corrected chi connectivity index (χ4v) is 2.87. The number of hydrogen-bond donors (Lipinski definition) is 1. The van der Waals surface area contributed by atoms with Crippen LogP contribution in [0.2, 0.25) is 0 Å². The number of nitrogens with zero attached hydrogens (tertiary/aromatic N) is 3. The number of fused-ring (bicyclic) bond motifs is 1. The molecule has 3 heterocycles. The summed E-state index contributed by atoms with van der Waals surface area (Å²) in [5, 5.41) is 4.60. The van der Waals surface area contributed by atoms with E-state index < -0.39 is 0 Å². The number of aromatic nitrogens is 3. The lowest BCUT2D eigenvalue weighted by atomic mass is 10.3. The van der Waals surface area contributed by atoms with E-state index in [0.717, 1.165) is 5.69 Å². The monoisotopic (exact) mass is 314 g/mol. The molecular weight excluding hydrogens is 300 g/mol. The summed E-state index contributed by atoms with van der Waals surface area (Å²) in [6.07, 6.45) is 3.79. The fourth-order valence-electron chi connectivity index (χ4n) is 2.08. The molecular formula is C15H14N4O2S. The van der Waals surface area contributed by atoms with E-state index in [1.165, 1.54) is 22.2 Å². The molecule has 0 saturated carbocycles. The Morgan fingerprint density at radius 3 is 3.00 bits per heavy atom. The second-order valence-corrected chi connectivity index (χ2v) is 5.65. The Morgan fingerprint density at radius 2 is 2.18 bits per heavy atom. The second kappa shape index (κ2) is 6.48. The molecule has 0 atom stereocenters. The van der Waals surface area contributed by atoms with Gasteiger partial charge < -0.3 is 5.32 Å². The largest absolute Gasteiger partial charge is 0.354 e. The summed E-state index contributed by atoms with van der Waals surface area (Å²) in [5.41, 5.74) is 1.41. The normalized spacial score (nSPS) is 10.7. The van der Waals surface area contributed by atoms with Crippen LogP contribution < -0.4 is 10.9 Å². The van der Waals surface area contributed by atoms with Crippen molar-refractivity contribution in [3.05, 3.63) is 58.2 Å². The van der Waals surface area contributed by atoms with Crippen molar-refractivity contribution in [3.63, 3.8) is 0 Å². The van der Waals surface area contributed by atoms with Crippen LogP contribution in [0.25, 0.3) is 10.2 Å². The molecule has 3 aromatic heterocycles. The molecule has 0 spiro atoms. The Kier molecular flexibility index (Phi) is 4.24.